The molecule has 0 unspecified atom stereocenters. The van der Waals surface area contributed by atoms with Gasteiger partial charge in [-0.15, -0.1) is 10.2 Å². The van der Waals surface area contributed by atoms with E-state index in [1.165, 1.54) is 11.8 Å². The Hall–Kier alpha value is -2.67. The normalized spacial score (nSPS) is 10.5. The van der Waals surface area contributed by atoms with Crippen molar-refractivity contribution in [3.63, 3.8) is 0 Å². The van der Waals surface area contributed by atoms with Crippen molar-refractivity contribution in [1.82, 2.24) is 25.1 Å². The number of nitrogens with zero attached hydrogens (tertiary/aromatic N) is 4. The minimum atomic E-state index is -0.0326. The first-order valence-corrected chi connectivity index (χ1v) is 8.46. The van der Waals surface area contributed by atoms with Crippen molar-refractivity contribution >= 4 is 17.7 Å². The first kappa shape index (κ1) is 16.2. The van der Waals surface area contributed by atoms with Gasteiger partial charge < -0.3 is 9.88 Å². The maximum Gasteiger partial charge on any atom is 0.230 e. The summed E-state index contributed by atoms with van der Waals surface area (Å²) < 4.78 is 1.87. The summed E-state index contributed by atoms with van der Waals surface area (Å²) in [7, 11) is 1.88. The standard InChI is InChI=1S/C17H17N5OS/c1-22-16(14-8-5-9-18-11-14)20-21-17(22)24-12-15(23)19-10-13-6-3-2-4-7-13/h2-9,11H,10,12H2,1H3,(H,19,23). The number of hydrogen-bond acceptors (Lipinski definition) is 5. The molecule has 3 rings (SSSR count). The number of aromatic nitrogens is 4. The molecule has 6 nitrogen and oxygen atoms in total. The molecule has 0 aliphatic rings. The Labute approximate surface area is 144 Å². The molecule has 0 spiro atoms. The van der Waals surface area contributed by atoms with E-state index >= 15 is 0 Å². The smallest absolute Gasteiger partial charge is 0.230 e. The first-order chi connectivity index (χ1) is 11.7. The molecule has 0 saturated carbocycles. The summed E-state index contributed by atoms with van der Waals surface area (Å²) in [6, 6.07) is 13.6. The largest absolute Gasteiger partial charge is 0.351 e. The molecule has 0 atom stereocenters. The minimum absolute atomic E-state index is 0.0326. The minimum Gasteiger partial charge on any atom is -0.351 e. The molecule has 122 valence electrons. The van der Waals surface area contributed by atoms with Gasteiger partial charge in [0.2, 0.25) is 5.91 Å². The number of carbonyl (C=O) groups excluding carboxylic acids is 1. The molecule has 0 saturated heterocycles. The van der Waals surface area contributed by atoms with E-state index in [4.69, 9.17) is 0 Å². The lowest BCUT2D eigenvalue weighted by molar-refractivity contribution is -0.118. The van der Waals surface area contributed by atoms with Crippen molar-refractivity contribution in [3.8, 4) is 11.4 Å². The highest BCUT2D eigenvalue weighted by Crippen LogP contribution is 2.21. The van der Waals surface area contributed by atoms with Crippen LogP contribution in [0.25, 0.3) is 11.4 Å². The zero-order valence-corrected chi connectivity index (χ0v) is 14.0. The second kappa shape index (κ2) is 7.74. The van der Waals surface area contributed by atoms with E-state index in [0.29, 0.717) is 17.5 Å². The van der Waals surface area contributed by atoms with Gasteiger partial charge in [-0.3, -0.25) is 9.78 Å². The quantitative estimate of drug-likeness (QED) is 0.698. The number of thioether (sulfide) groups is 1. The van der Waals surface area contributed by atoms with E-state index in [9.17, 15) is 4.79 Å². The van der Waals surface area contributed by atoms with Crippen LogP contribution in [0.5, 0.6) is 0 Å². The van der Waals surface area contributed by atoms with E-state index in [1.807, 2.05) is 54.1 Å². The topological polar surface area (TPSA) is 72.7 Å². The lowest BCUT2D eigenvalue weighted by Gasteiger charge is -2.05. The fraction of sp³-hybridized carbons (Fsp3) is 0.176. The molecule has 0 radical (unpaired) electrons. The predicted octanol–water partition coefficient (Wildman–Crippen LogP) is 2.29. The maximum absolute atomic E-state index is 12.0. The summed E-state index contributed by atoms with van der Waals surface area (Å²) in [4.78, 5) is 16.1. The van der Waals surface area contributed by atoms with E-state index in [2.05, 4.69) is 20.5 Å². The van der Waals surface area contributed by atoms with Gasteiger partial charge in [-0.05, 0) is 17.7 Å². The van der Waals surface area contributed by atoms with Crippen LogP contribution in [0.15, 0.2) is 60.0 Å². The third-order valence-corrected chi connectivity index (χ3v) is 4.44. The fourth-order valence-electron chi connectivity index (χ4n) is 2.16. The summed E-state index contributed by atoms with van der Waals surface area (Å²) in [5.74, 6) is 0.997. The van der Waals surface area contributed by atoms with Crippen LogP contribution in [0.1, 0.15) is 5.56 Å². The van der Waals surface area contributed by atoms with Gasteiger partial charge in [0.15, 0.2) is 11.0 Å². The fourth-order valence-corrected chi connectivity index (χ4v) is 2.91. The van der Waals surface area contributed by atoms with Gasteiger partial charge in [0.1, 0.15) is 0 Å². The molecule has 2 heterocycles. The number of pyridine rings is 1. The van der Waals surface area contributed by atoms with Crippen LogP contribution in [-0.4, -0.2) is 31.4 Å². The summed E-state index contributed by atoms with van der Waals surface area (Å²) >= 11 is 1.36. The molecule has 3 aromatic rings. The molecule has 0 bridgehead atoms. The van der Waals surface area contributed by atoms with E-state index in [1.54, 1.807) is 12.4 Å². The average Bonchev–Trinajstić information content (AvgIpc) is 3.00. The monoisotopic (exact) mass is 339 g/mol. The summed E-state index contributed by atoms with van der Waals surface area (Å²) in [5, 5.41) is 11.9. The highest BCUT2D eigenvalue weighted by molar-refractivity contribution is 7.99. The molecule has 2 aromatic heterocycles. The average molecular weight is 339 g/mol. The lowest BCUT2D eigenvalue weighted by Crippen LogP contribution is -2.24. The Balaban J connectivity index is 1.55. The van der Waals surface area contributed by atoms with E-state index in [0.717, 1.165) is 17.0 Å². The van der Waals surface area contributed by atoms with Gasteiger partial charge in [-0.25, -0.2) is 0 Å². The number of benzene rings is 1. The molecule has 1 aromatic carbocycles. The van der Waals surface area contributed by atoms with E-state index in [-0.39, 0.29) is 5.91 Å². The number of rotatable bonds is 6. The second-order valence-corrected chi connectivity index (χ2v) is 6.10. The molecule has 0 aliphatic carbocycles. The zero-order valence-electron chi connectivity index (χ0n) is 13.2. The molecule has 7 heteroatoms. The molecule has 1 N–H and O–H groups in total. The van der Waals surface area contributed by atoms with Crippen molar-refractivity contribution in [2.45, 2.75) is 11.7 Å². The number of nitrogens with one attached hydrogen (secondary N) is 1. The Morgan fingerprint density at radius 2 is 2.00 bits per heavy atom. The van der Waals surface area contributed by atoms with Gasteiger partial charge in [0, 0.05) is 31.5 Å². The van der Waals surface area contributed by atoms with Gasteiger partial charge in [-0.2, -0.15) is 0 Å². The van der Waals surface area contributed by atoms with Crippen LogP contribution in [0, 0.1) is 0 Å². The molecule has 0 fully saturated rings. The van der Waals surface area contributed by atoms with Crippen molar-refractivity contribution < 1.29 is 4.79 Å². The highest BCUT2D eigenvalue weighted by atomic mass is 32.2. The zero-order chi connectivity index (χ0) is 16.8. The number of hydrogen-bond donors (Lipinski definition) is 1. The highest BCUT2D eigenvalue weighted by Gasteiger charge is 2.12. The SMILES string of the molecule is Cn1c(SCC(=O)NCc2ccccc2)nnc1-c1cccnc1. The van der Waals surface area contributed by atoms with Gasteiger partial charge in [-0.1, -0.05) is 42.1 Å². The summed E-state index contributed by atoms with van der Waals surface area (Å²) in [6.45, 7) is 0.528. The molecule has 0 aliphatic heterocycles. The van der Waals surface area contributed by atoms with E-state index < -0.39 is 0 Å². The van der Waals surface area contributed by atoms with Crippen LogP contribution >= 0.6 is 11.8 Å². The number of carbonyl (C=O) groups is 1. The second-order valence-electron chi connectivity index (χ2n) is 5.16. The molecule has 1 amide bonds. The Bertz CT molecular complexity index is 804. The number of amides is 1. The van der Waals surface area contributed by atoms with Crippen molar-refractivity contribution in [3.05, 3.63) is 60.4 Å². The van der Waals surface area contributed by atoms with Crippen LogP contribution in [0.3, 0.4) is 0 Å². The van der Waals surface area contributed by atoms with Gasteiger partial charge in [0.05, 0.1) is 5.75 Å². The van der Waals surface area contributed by atoms with Crippen LogP contribution < -0.4 is 5.32 Å². The Morgan fingerprint density at radius 3 is 2.75 bits per heavy atom. The van der Waals surface area contributed by atoms with Crippen LogP contribution in [0.2, 0.25) is 0 Å². The Morgan fingerprint density at radius 1 is 1.17 bits per heavy atom. The van der Waals surface area contributed by atoms with Crippen LogP contribution in [-0.2, 0) is 18.4 Å². The summed E-state index contributed by atoms with van der Waals surface area (Å²) in [5.41, 5.74) is 1.97. The van der Waals surface area contributed by atoms with Gasteiger partial charge in [0.25, 0.3) is 0 Å². The van der Waals surface area contributed by atoms with Crippen LogP contribution in [0.4, 0.5) is 0 Å². The molecule has 24 heavy (non-hydrogen) atoms. The lowest BCUT2D eigenvalue weighted by atomic mass is 10.2. The maximum atomic E-state index is 12.0. The van der Waals surface area contributed by atoms with Crippen molar-refractivity contribution in [2.75, 3.05) is 5.75 Å². The third-order valence-electron chi connectivity index (χ3n) is 3.42. The molecular weight excluding hydrogens is 322 g/mol. The van der Waals surface area contributed by atoms with Crippen molar-refractivity contribution in [1.29, 1.82) is 0 Å². The summed E-state index contributed by atoms with van der Waals surface area (Å²) in [6.07, 6.45) is 3.46. The predicted molar refractivity (Wildman–Crippen MR) is 93.2 cm³/mol. The van der Waals surface area contributed by atoms with Crippen molar-refractivity contribution in [2.24, 2.45) is 7.05 Å². The first-order valence-electron chi connectivity index (χ1n) is 7.47. The van der Waals surface area contributed by atoms with Gasteiger partial charge >= 0.3 is 0 Å². The molecular formula is C17H17N5OS. The Kier molecular flexibility index (Phi) is 5.22. The third kappa shape index (κ3) is 3.99.